The molecule has 1 aromatic rings. The maximum absolute atomic E-state index is 5.50. The van der Waals surface area contributed by atoms with Crippen LogP contribution in [0.5, 0.6) is 0 Å². The Bertz CT molecular complexity index is 397. The average molecular weight is 233 g/mol. The number of aromatic amines is 1. The molecule has 1 atom stereocenters. The lowest BCUT2D eigenvalue weighted by atomic mass is 9.93. The topological polar surface area (TPSA) is 41.1 Å². The monoisotopic (exact) mass is 233 g/mol. The summed E-state index contributed by atoms with van der Waals surface area (Å²) in [6.07, 6.45) is 7.37. The van der Waals surface area contributed by atoms with Gasteiger partial charge in [-0.2, -0.15) is 5.10 Å². The van der Waals surface area contributed by atoms with Gasteiger partial charge in [-0.25, -0.2) is 0 Å². The zero-order chi connectivity index (χ0) is 11.7. The second-order valence-corrected chi connectivity index (χ2v) is 5.06. The highest BCUT2D eigenvalue weighted by molar-refractivity contribution is 5.17. The van der Waals surface area contributed by atoms with Crippen LogP contribution >= 0.6 is 0 Å². The summed E-state index contributed by atoms with van der Waals surface area (Å²) < 4.78 is 5.50. The van der Waals surface area contributed by atoms with Crippen molar-refractivity contribution in [3.05, 3.63) is 29.8 Å². The van der Waals surface area contributed by atoms with Crippen LogP contribution in [0.25, 0.3) is 0 Å². The molecule has 4 nitrogen and oxygen atoms in total. The van der Waals surface area contributed by atoms with Gasteiger partial charge in [0.1, 0.15) is 6.10 Å². The van der Waals surface area contributed by atoms with E-state index in [2.05, 4.69) is 34.3 Å². The molecular weight excluding hydrogens is 214 g/mol. The average Bonchev–Trinajstić information content (AvgIpc) is 3.00. The first-order chi connectivity index (χ1) is 8.33. The van der Waals surface area contributed by atoms with E-state index in [4.69, 9.17) is 4.74 Å². The second-order valence-electron chi connectivity index (χ2n) is 5.06. The Hall–Kier alpha value is -1.29. The third kappa shape index (κ3) is 2.22. The lowest BCUT2D eigenvalue weighted by Gasteiger charge is -2.27. The van der Waals surface area contributed by atoms with Gasteiger partial charge < -0.3 is 9.64 Å². The molecule has 0 aliphatic carbocycles. The molecule has 17 heavy (non-hydrogen) atoms. The Kier molecular flexibility index (Phi) is 2.89. The summed E-state index contributed by atoms with van der Waals surface area (Å²) in [6, 6.07) is 2.19. The quantitative estimate of drug-likeness (QED) is 0.851. The molecule has 0 spiro atoms. The molecule has 0 amide bonds. The van der Waals surface area contributed by atoms with E-state index in [1.165, 1.54) is 31.6 Å². The molecule has 0 bridgehead atoms. The van der Waals surface area contributed by atoms with Crippen molar-refractivity contribution in [2.75, 3.05) is 20.1 Å². The molecule has 1 unspecified atom stereocenters. The van der Waals surface area contributed by atoms with Crippen LogP contribution in [0.3, 0.4) is 0 Å². The van der Waals surface area contributed by atoms with E-state index in [0.29, 0.717) is 5.92 Å². The van der Waals surface area contributed by atoms with E-state index in [9.17, 15) is 0 Å². The Morgan fingerprint density at radius 3 is 2.94 bits per heavy atom. The van der Waals surface area contributed by atoms with E-state index in [-0.39, 0.29) is 6.10 Å². The number of H-pyrrole nitrogens is 1. The van der Waals surface area contributed by atoms with E-state index in [0.717, 1.165) is 12.1 Å². The molecule has 0 radical (unpaired) electrons. The van der Waals surface area contributed by atoms with Crippen molar-refractivity contribution >= 4 is 0 Å². The summed E-state index contributed by atoms with van der Waals surface area (Å²) in [7, 11) is 2.18. The summed E-state index contributed by atoms with van der Waals surface area (Å²) >= 11 is 0. The molecule has 3 rings (SSSR count). The fraction of sp³-hybridized carbons (Fsp3) is 0.615. The zero-order valence-electron chi connectivity index (χ0n) is 10.2. The smallest absolute Gasteiger partial charge is 0.143 e. The highest BCUT2D eigenvalue weighted by atomic mass is 16.5. The first kappa shape index (κ1) is 10.8. The predicted molar refractivity (Wildman–Crippen MR) is 65.6 cm³/mol. The number of piperidine rings is 1. The number of likely N-dealkylation sites (tertiary alicyclic amines) is 1. The van der Waals surface area contributed by atoms with Crippen LogP contribution in [0.4, 0.5) is 0 Å². The van der Waals surface area contributed by atoms with Gasteiger partial charge in [-0.05, 0) is 45.1 Å². The minimum atomic E-state index is 0.155. The Morgan fingerprint density at radius 2 is 2.24 bits per heavy atom. The standard InChI is InChI=1S/C13H19N3O/c1-16-6-4-10(5-7-16)11-9-12(15-14-11)13-3-2-8-17-13/h2,8-10,13H,3-7H2,1H3,(H,14,15). The molecule has 4 heteroatoms. The molecule has 92 valence electrons. The summed E-state index contributed by atoms with van der Waals surface area (Å²) in [5.74, 6) is 0.616. The molecule has 2 aliphatic rings. The van der Waals surface area contributed by atoms with Gasteiger partial charge in [0.15, 0.2) is 0 Å². The Labute approximate surface area is 102 Å². The summed E-state index contributed by atoms with van der Waals surface area (Å²) in [5.41, 5.74) is 2.33. The number of nitrogens with zero attached hydrogens (tertiary/aromatic N) is 2. The van der Waals surface area contributed by atoms with Gasteiger partial charge in [0.05, 0.1) is 17.6 Å². The first-order valence-corrected chi connectivity index (χ1v) is 6.37. The molecule has 0 aromatic carbocycles. The molecule has 0 saturated carbocycles. The summed E-state index contributed by atoms with van der Waals surface area (Å²) in [6.45, 7) is 2.35. The Balaban J connectivity index is 1.67. The highest BCUT2D eigenvalue weighted by Crippen LogP contribution is 2.30. The zero-order valence-corrected chi connectivity index (χ0v) is 10.2. The third-order valence-electron chi connectivity index (χ3n) is 3.79. The molecule has 1 saturated heterocycles. The molecule has 2 aliphatic heterocycles. The third-order valence-corrected chi connectivity index (χ3v) is 3.79. The highest BCUT2D eigenvalue weighted by Gasteiger charge is 2.23. The number of aromatic nitrogens is 2. The first-order valence-electron chi connectivity index (χ1n) is 6.37. The van der Waals surface area contributed by atoms with Gasteiger partial charge >= 0.3 is 0 Å². The van der Waals surface area contributed by atoms with E-state index in [1.54, 1.807) is 6.26 Å². The lowest BCUT2D eigenvalue weighted by molar-refractivity contribution is 0.169. The van der Waals surface area contributed by atoms with E-state index < -0.39 is 0 Å². The Morgan fingerprint density at radius 1 is 1.41 bits per heavy atom. The SMILES string of the molecule is CN1CCC(c2cc(C3CC=CO3)[nH]n2)CC1. The number of ether oxygens (including phenoxy) is 1. The van der Waals surface area contributed by atoms with Crippen LogP contribution < -0.4 is 0 Å². The molecule has 1 fully saturated rings. The fourth-order valence-electron chi connectivity index (χ4n) is 2.62. The lowest BCUT2D eigenvalue weighted by Crippen LogP contribution is -2.29. The number of hydrogen-bond acceptors (Lipinski definition) is 3. The van der Waals surface area contributed by atoms with Gasteiger partial charge in [0, 0.05) is 12.3 Å². The van der Waals surface area contributed by atoms with Crippen LogP contribution in [-0.4, -0.2) is 35.2 Å². The number of rotatable bonds is 2. The van der Waals surface area contributed by atoms with Crippen molar-refractivity contribution in [2.45, 2.75) is 31.3 Å². The van der Waals surface area contributed by atoms with Crippen LogP contribution in [0.1, 0.15) is 42.7 Å². The van der Waals surface area contributed by atoms with Crippen molar-refractivity contribution < 1.29 is 4.74 Å². The predicted octanol–water partition coefficient (Wildman–Crippen LogP) is 2.19. The summed E-state index contributed by atoms with van der Waals surface area (Å²) in [5, 5.41) is 7.59. The summed E-state index contributed by atoms with van der Waals surface area (Å²) in [4.78, 5) is 2.38. The van der Waals surface area contributed by atoms with Gasteiger partial charge in [-0.3, -0.25) is 5.10 Å². The van der Waals surface area contributed by atoms with Crippen molar-refractivity contribution in [2.24, 2.45) is 0 Å². The maximum atomic E-state index is 5.50. The van der Waals surface area contributed by atoms with Crippen molar-refractivity contribution in [1.29, 1.82) is 0 Å². The fourth-order valence-corrected chi connectivity index (χ4v) is 2.62. The van der Waals surface area contributed by atoms with Crippen LogP contribution in [-0.2, 0) is 4.74 Å². The van der Waals surface area contributed by atoms with Gasteiger partial charge in [-0.15, -0.1) is 0 Å². The number of hydrogen-bond donors (Lipinski definition) is 1. The van der Waals surface area contributed by atoms with E-state index >= 15 is 0 Å². The molecule has 3 heterocycles. The second kappa shape index (κ2) is 4.53. The normalized spacial score (nSPS) is 26.3. The molecule has 1 aromatic heterocycles. The van der Waals surface area contributed by atoms with Crippen LogP contribution in [0.2, 0.25) is 0 Å². The number of nitrogens with one attached hydrogen (secondary N) is 1. The minimum Gasteiger partial charge on any atom is -0.492 e. The van der Waals surface area contributed by atoms with E-state index in [1.807, 2.05) is 0 Å². The molecular formula is C13H19N3O. The van der Waals surface area contributed by atoms with Crippen molar-refractivity contribution in [3.63, 3.8) is 0 Å². The van der Waals surface area contributed by atoms with Crippen LogP contribution in [0.15, 0.2) is 18.4 Å². The van der Waals surface area contributed by atoms with Gasteiger partial charge in [0.2, 0.25) is 0 Å². The van der Waals surface area contributed by atoms with Gasteiger partial charge in [0.25, 0.3) is 0 Å². The van der Waals surface area contributed by atoms with Crippen LogP contribution in [0, 0.1) is 0 Å². The molecule has 1 N–H and O–H groups in total. The van der Waals surface area contributed by atoms with Gasteiger partial charge in [-0.1, -0.05) is 0 Å². The van der Waals surface area contributed by atoms with Crippen molar-refractivity contribution in [3.8, 4) is 0 Å². The minimum absolute atomic E-state index is 0.155. The largest absolute Gasteiger partial charge is 0.492 e. The van der Waals surface area contributed by atoms with Crippen molar-refractivity contribution in [1.82, 2.24) is 15.1 Å². The maximum Gasteiger partial charge on any atom is 0.143 e.